The van der Waals surface area contributed by atoms with E-state index in [0.717, 1.165) is 29.8 Å². The molecule has 6 heteroatoms. The minimum Gasteiger partial charge on any atom is -0.354 e. The molecule has 0 bridgehead atoms. The molecule has 2 N–H and O–H groups in total. The molecule has 1 aliphatic rings. The molecule has 27 heavy (non-hydrogen) atoms. The van der Waals surface area contributed by atoms with Crippen LogP contribution >= 0.6 is 11.8 Å². The Bertz CT molecular complexity index is 675. The van der Waals surface area contributed by atoms with Gasteiger partial charge in [0.1, 0.15) is 0 Å². The molecule has 0 fully saturated rings. The van der Waals surface area contributed by atoms with Gasteiger partial charge in [-0.15, -0.1) is 11.8 Å². The fourth-order valence-corrected chi connectivity index (χ4v) is 3.68. The summed E-state index contributed by atoms with van der Waals surface area (Å²) in [6.45, 7) is 2.66. The van der Waals surface area contributed by atoms with Crippen molar-refractivity contribution in [2.24, 2.45) is 0 Å². The van der Waals surface area contributed by atoms with Crippen molar-refractivity contribution >= 4 is 29.3 Å². The zero-order chi connectivity index (χ0) is 19.6. The van der Waals surface area contributed by atoms with Gasteiger partial charge in [-0.1, -0.05) is 23.8 Å². The number of hydrogen-bond donors (Lipinski definition) is 2. The zero-order valence-corrected chi connectivity index (χ0v) is 17.4. The van der Waals surface area contributed by atoms with E-state index in [4.69, 9.17) is 0 Å². The average Bonchev–Trinajstić information content (AvgIpc) is 2.68. The van der Waals surface area contributed by atoms with Crippen LogP contribution < -0.4 is 10.6 Å². The maximum atomic E-state index is 12.4. The highest BCUT2D eigenvalue weighted by Gasteiger charge is 2.20. The number of carbonyl (C=O) groups is 2. The van der Waals surface area contributed by atoms with Gasteiger partial charge in [0.15, 0.2) is 0 Å². The van der Waals surface area contributed by atoms with Gasteiger partial charge in [0.2, 0.25) is 11.8 Å². The van der Waals surface area contributed by atoms with Crippen LogP contribution in [0.25, 0.3) is 0 Å². The minimum atomic E-state index is -0.355. The molecule has 5 nitrogen and oxygen atoms in total. The second-order valence-electron chi connectivity index (χ2n) is 6.99. The third-order valence-electron chi connectivity index (χ3n) is 4.95. The predicted octanol–water partition coefficient (Wildman–Crippen LogP) is 3.67. The first-order chi connectivity index (χ1) is 13.0. The molecule has 0 aliphatic heterocycles. The van der Waals surface area contributed by atoms with Gasteiger partial charge in [0.05, 0.1) is 18.3 Å². The van der Waals surface area contributed by atoms with Crippen molar-refractivity contribution < 1.29 is 9.59 Å². The number of hydrogen-bond acceptors (Lipinski definition) is 4. The molecule has 0 saturated carbocycles. The Morgan fingerprint density at radius 2 is 2.04 bits per heavy atom. The molecule has 2 rings (SSSR count). The van der Waals surface area contributed by atoms with E-state index in [0.29, 0.717) is 6.54 Å². The Labute approximate surface area is 167 Å². The fourth-order valence-electron chi connectivity index (χ4n) is 3.13. The molecule has 0 heterocycles. The number of rotatable bonds is 9. The third kappa shape index (κ3) is 7.03. The van der Waals surface area contributed by atoms with E-state index >= 15 is 0 Å². The Hall–Kier alpha value is -1.79. The molecule has 0 radical (unpaired) electrons. The van der Waals surface area contributed by atoms with Gasteiger partial charge in [0.25, 0.3) is 0 Å². The zero-order valence-electron chi connectivity index (χ0n) is 16.6. The number of likely N-dealkylation sites (N-methyl/N-ethyl adjacent to an activating group) is 1. The SMILES string of the molecule is CSc1ccccc1NC(=O)CN(C)C(C)C(=O)NCCC1=CCCCC1. The first kappa shape index (κ1) is 21.5. The van der Waals surface area contributed by atoms with Gasteiger partial charge >= 0.3 is 0 Å². The quantitative estimate of drug-likeness (QED) is 0.500. The molecule has 1 aromatic rings. The summed E-state index contributed by atoms with van der Waals surface area (Å²) in [6.07, 6.45) is 10.1. The summed E-state index contributed by atoms with van der Waals surface area (Å²) in [5, 5.41) is 5.93. The first-order valence-electron chi connectivity index (χ1n) is 9.60. The molecule has 2 amide bonds. The van der Waals surface area contributed by atoms with Crippen LogP contribution in [0.5, 0.6) is 0 Å². The highest BCUT2D eigenvalue weighted by molar-refractivity contribution is 7.98. The lowest BCUT2D eigenvalue weighted by atomic mass is 9.97. The number of nitrogens with one attached hydrogen (secondary N) is 2. The molecule has 1 atom stereocenters. The second kappa shape index (κ2) is 11.1. The Morgan fingerprint density at radius 3 is 2.74 bits per heavy atom. The lowest BCUT2D eigenvalue weighted by Crippen LogP contribution is -2.46. The van der Waals surface area contributed by atoms with Crippen molar-refractivity contribution in [3.63, 3.8) is 0 Å². The van der Waals surface area contributed by atoms with Gasteiger partial charge < -0.3 is 10.6 Å². The second-order valence-corrected chi connectivity index (χ2v) is 7.84. The van der Waals surface area contributed by atoms with Crippen molar-refractivity contribution in [2.75, 3.05) is 31.7 Å². The topological polar surface area (TPSA) is 61.4 Å². The summed E-state index contributed by atoms with van der Waals surface area (Å²) in [7, 11) is 1.80. The van der Waals surface area contributed by atoms with E-state index in [2.05, 4.69) is 16.7 Å². The lowest BCUT2D eigenvalue weighted by Gasteiger charge is -2.23. The van der Waals surface area contributed by atoms with Gasteiger partial charge in [-0.25, -0.2) is 0 Å². The normalized spacial score (nSPS) is 15.2. The Kier molecular flexibility index (Phi) is 8.88. The average molecular weight is 390 g/mol. The van der Waals surface area contributed by atoms with Crippen LogP contribution in [-0.2, 0) is 9.59 Å². The number of anilines is 1. The molecule has 0 aromatic heterocycles. The summed E-state index contributed by atoms with van der Waals surface area (Å²) < 4.78 is 0. The van der Waals surface area contributed by atoms with E-state index in [-0.39, 0.29) is 24.4 Å². The maximum Gasteiger partial charge on any atom is 0.238 e. The first-order valence-corrected chi connectivity index (χ1v) is 10.8. The van der Waals surface area contributed by atoms with E-state index in [1.54, 1.807) is 23.7 Å². The van der Waals surface area contributed by atoms with Crippen LogP contribution in [0.15, 0.2) is 40.8 Å². The number of benzene rings is 1. The van der Waals surface area contributed by atoms with Crippen molar-refractivity contribution in [3.8, 4) is 0 Å². The summed E-state index contributed by atoms with van der Waals surface area (Å²) in [4.78, 5) is 27.5. The monoisotopic (exact) mass is 389 g/mol. The molecule has 1 unspecified atom stereocenters. The number of para-hydroxylation sites is 1. The summed E-state index contributed by atoms with van der Waals surface area (Å²) in [5.74, 6) is -0.155. The standard InChI is InChI=1S/C21H31N3O2S/c1-16(21(26)22-14-13-17-9-5-4-6-10-17)24(2)15-20(25)23-18-11-7-8-12-19(18)27-3/h7-9,11-12,16H,4-6,10,13-15H2,1-3H3,(H,22,26)(H,23,25). The molecular formula is C21H31N3O2S. The van der Waals surface area contributed by atoms with Crippen molar-refractivity contribution in [1.29, 1.82) is 0 Å². The van der Waals surface area contributed by atoms with Crippen molar-refractivity contribution in [3.05, 3.63) is 35.9 Å². The predicted molar refractivity (Wildman–Crippen MR) is 113 cm³/mol. The van der Waals surface area contributed by atoms with Crippen LogP contribution in [0.4, 0.5) is 5.69 Å². The van der Waals surface area contributed by atoms with Crippen LogP contribution in [0.1, 0.15) is 39.0 Å². The van der Waals surface area contributed by atoms with E-state index in [1.807, 2.05) is 37.4 Å². The minimum absolute atomic E-state index is 0.0359. The molecule has 1 aliphatic carbocycles. The summed E-state index contributed by atoms with van der Waals surface area (Å²) in [6, 6.07) is 7.36. The summed E-state index contributed by atoms with van der Waals surface area (Å²) in [5.41, 5.74) is 2.26. The Balaban J connectivity index is 1.76. The van der Waals surface area contributed by atoms with Gasteiger partial charge in [-0.05, 0) is 64.5 Å². The van der Waals surface area contributed by atoms with E-state index < -0.39 is 0 Å². The number of carbonyl (C=O) groups excluding carboxylic acids is 2. The van der Waals surface area contributed by atoms with Crippen LogP contribution in [-0.4, -0.2) is 49.1 Å². The lowest BCUT2D eigenvalue weighted by molar-refractivity contribution is -0.126. The van der Waals surface area contributed by atoms with E-state index in [9.17, 15) is 9.59 Å². The molecule has 0 saturated heterocycles. The van der Waals surface area contributed by atoms with Crippen molar-refractivity contribution in [1.82, 2.24) is 10.2 Å². The van der Waals surface area contributed by atoms with E-state index in [1.165, 1.54) is 18.4 Å². The molecule has 148 valence electrons. The third-order valence-corrected chi connectivity index (χ3v) is 5.74. The van der Waals surface area contributed by atoms with Crippen molar-refractivity contribution in [2.45, 2.75) is 50.0 Å². The summed E-state index contributed by atoms with van der Waals surface area (Å²) >= 11 is 1.59. The van der Waals surface area contributed by atoms with Gasteiger partial charge in [-0.3, -0.25) is 14.5 Å². The maximum absolute atomic E-state index is 12.4. The molecule has 0 spiro atoms. The smallest absolute Gasteiger partial charge is 0.238 e. The molecule has 1 aromatic carbocycles. The van der Waals surface area contributed by atoms with Gasteiger partial charge in [-0.2, -0.15) is 0 Å². The highest BCUT2D eigenvalue weighted by atomic mass is 32.2. The highest BCUT2D eigenvalue weighted by Crippen LogP contribution is 2.24. The number of thioether (sulfide) groups is 1. The number of nitrogens with zero attached hydrogens (tertiary/aromatic N) is 1. The number of amides is 2. The largest absolute Gasteiger partial charge is 0.354 e. The van der Waals surface area contributed by atoms with Crippen LogP contribution in [0.3, 0.4) is 0 Å². The fraction of sp³-hybridized carbons (Fsp3) is 0.524. The number of allylic oxidation sites excluding steroid dienone is 1. The Morgan fingerprint density at radius 1 is 1.26 bits per heavy atom. The van der Waals surface area contributed by atoms with Gasteiger partial charge in [0, 0.05) is 11.4 Å². The van der Waals surface area contributed by atoms with Crippen LogP contribution in [0.2, 0.25) is 0 Å². The van der Waals surface area contributed by atoms with Crippen LogP contribution in [0, 0.1) is 0 Å². The molecular weight excluding hydrogens is 358 g/mol.